The quantitative estimate of drug-likeness (QED) is 0.813. The maximum atomic E-state index is 12.0. The molecular weight excluding hydrogens is 288 g/mol. The minimum atomic E-state index is 0.120. The second-order valence-corrected chi connectivity index (χ2v) is 5.12. The van der Waals surface area contributed by atoms with E-state index in [1.54, 1.807) is 6.20 Å². The van der Waals surface area contributed by atoms with Crippen LogP contribution in [0.25, 0.3) is 0 Å². The van der Waals surface area contributed by atoms with Crippen molar-refractivity contribution in [2.75, 3.05) is 0 Å². The number of Topliss-reactive ketones (excluding diaryl/α,β-unsaturated/α-hetero) is 1. The van der Waals surface area contributed by atoms with Crippen LogP contribution in [0.1, 0.15) is 22.4 Å². The molecule has 2 heterocycles. The summed E-state index contributed by atoms with van der Waals surface area (Å²) in [5.41, 5.74) is 0. The Hall–Kier alpha value is -0.940. The first-order chi connectivity index (χ1) is 7.72. The van der Waals surface area contributed by atoms with E-state index in [1.807, 2.05) is 29.1 Å². The molecule has 2 aromatic heterocycles. The normalized spacial score (nSPS) is 10.6. The number of hydrogen-bond donors (Lipinski definition) is 0. The van der Waals surface area contributed by atoms with E-state index in [0.29, 0.717) is 6.54 Å². The first-order valence-electron chi connectivity index (χ1n) is 4.98. The number of nitrogens with zero attached hydrogens (tertiary/aromatic N) is 2. The van der Waals surface area contributed by atoms with E-state index in [2.05, 4.69) is 20.9 Å². The number of thiophene rings is 1. The summed E-state index contributed by atoms with van der Waals surface area (Å²) in [6.45, 7) is 2.40. The van der Waals surface area contributed by atoms with Crippen LogP contribution in [0.3, 0.4) is 0 Å². The van der Waals surface area contributed by atoms with Gasteiger partial charge in [-0.3, -0.25) is 4.79 Å². The third kappa shape index (κ3) is 2.25. The summed E-state index contributed by atoms with van der Waals surface area (Å²) in [6.07, 6.45) is 4.42. The van der Waals surface area contributed by atoms with Crippen molar-refractivity contribution in [3.63, 3.8) is 0 Å². The number of aromatic nitrogens is 2. The van der Waals surface area contributed by atoms with Crippen LogP contribution in [0.15, 0.2) is 28.3 Å². The molecule has 0 amide bonds. The Labute approximate surface area is 106 Å². The molecule has 2 aromatic rings. The van der Waals surface area contributed by atoms with Crippen molar-refractivity contribution in [3.8, 4) is 0 Å². The van der Waals surface area contributed by atoms with Gasteiger partial charge in [-0.2, -0.15) is 0 Å². The molecular formula is C11H11BrN2OS. The Morgan fingerprint density at radius 2 is 2.44 bits per heavy atom. The van der Waals surface area contributed by atoms with E-state index in [0.717, 1.165) is 21.6 Å². The van der Waals surface area contributed by atoms with Crippen molar-refractivity contribution in [1.82, 2.24) is 9.55 Å². The highest BCUT2D eigenvalue weighted by Crippen LogP contribution is 2.23. The molecule has 0 N–H and O–H groups in total. The van der Waals surface area contributed by atoms with Gasteiger partial charge in [-0.15, -0.1) is 11.3 Å². The van der Waals surface area contributed by atoms with Crippen LogP contribution >= 0.6 is 27.3 Å². The van der Waals surface area contributed by atoms with E-state index in [4.69, 9.17) is 0 Å². The predicted molar refractivity (Wildman–Crippen MR) is 68.0 cm³/mol. The molecule has 0 aliphatic rings. The van der Waals surface area contributed by atoms with Crippen molar-refractivity contribution in [1.29, 1.82) is 0 Å². The van der Waals surface area contributed by atoms with Gasteiger partial charge in [0, 0.05) is 23.3 Å². The molecule has 5 heteroatoms. The topological polar surface area (TPSA) is 34.9 Å². The van der Waals surface area contributed by atoms with Gasteiger partial charge in [-0.05, 0) is 27.4 Å². The fraction of sp³-hybridized carbons (Fsp3) is 0.273. The van der Waals surface area contributed by atoms with Gasteiger partial charge in [0.15, 0.2) is 5.78 Å². The highest BCUT2D eigenvalue weighted by Gasteiger charge is 2.13. The van der Waals surface area contributed by atoms with Crippen LogP contribution in [0.5, 0.6) is 0 Å². The second kappa shape index (κ2) is 4.93. The van der Waals surface area contributed by atoms with Crippen LogP contribution in [-0.2, 0) is 13.0 Å². The molecule has 84 valence electrons. The van der Waals surface area contributed by atoms with Crippen molar-refractivity contribution in [2.45, 2.75) is 19.9 Å². The SMILES string of the molecule is CCc1nccn1CC(=O)c1sccc1Br. The molecule has 0 spiro atoms. The summed E-state index contributed by atoms with van der Waals surface area (Å²) < 4.78 is 2.77. The molecule has 0 aliphatic carbocycles. The molecule has 0 unspecified atom stereocenters. The highest BCUT2D eigenvalue weighted by atomic mass is 79.9. The summed E-state index contributed by atoms with van der Waals surface area (Å²) in [6, 6.07) is 1.90. The van der Waals surface area contributed by atoms with Gasteiger partial charge < -0.3 is 4.57 Å². The lowest BCUT2D eigenvalue weighted by Gasteiger charge is -2.04. The zero-order valence-corrected chi connectivity index (χ0v) is 11.2. The van der Waals surface area contributed by atoms with Crippen molar-refractivity contribution >= 4 is 33.0 Å². The predicted octanol–water partition coefficient (Wildman–Crippen LogP) is 3.15. The summed E-state index contributed by atoms with van der Waals surface area (Å²) in [5.74, 6) is 1.07. The molecule has 0 saturated carbocycles. The number of ketones is 1. The van der Waals surface area contributed by atoms with Crippen molar-refractivity contribution < 1.29 is 4.79 Å². The maximum absolute atomic E-state index is 12.0. The zero-order valence-electron chi connectivity index (χ0n) is 8.81. The maximum Gasteiger partial charge on any atom is 0.193 e. The average molecular weight is 299 g/mol. The van der Waals surface area contributed by atoms with Crippen molar-refractivity contribution in [3.05, 3.63) is 39.0 Å². The lowest BCUT2D eigenvalue weighted by atomic mass is 10.3. The average Bonchev–Trinajstić information content (AvgIpc) is 2.86. The Morgan fingerprint density at radius 3 is 3.06 bits per heavy atom. The van der Waals surface area contributed by atoms with E-state index < -0.39 is 0 Å². The Bertz CT molecular complexity index is 504. The molecule has 16 heavy (non-hydrogen) atoms. The first kappa shape index (κ1) is 11.5. The summed E-state index contributed by atoms with van der Waals surface area (Å²) in [5, 5.41) is 1.91. The van der Waals surface area contributed by atoms with Gasteiger partial charge in [0.05, 0.1) is 11.4 Å². The molecule has 0 radical (unpaired) electrons. The molecule has 3 nitrogen and oxygen atoms in total. The molecule has 0 aliphatic heterocycles. The number of halogens is 1. The number of aryl methyl sites for hydroxylation is 1. The van der Waals surface area contributed by atoms with Crippen LogP contribution in [0.4, 0.5) is 0 Å². The number of carbonyl (C=O) groups is 1. The van der Waals surface area contributed by atoms with Gasteiger partial charge in [-0.25, -0.2) is 4.98 Å². The zero-order chi connectivity index (χ0) is 11.5. The van der Waals surface area contributed by atoms with E-state index in [9.17, 15) is 4.79 Å². The number of hydrogen-bond acceptors (Lipinski definition) is 3. The molecule has 0 aromatic carbocycles. The van der Waals surface area contributed by atoms with Gasteiger partial charge >= 0.3 is 0 Å². The van der Waals surface area contributed by atoms with E-state index in [1.165, 1.54) is 11.3 Å². The van der Waals surface area contributed by atoms with Gasteiger partial charge in [0.2, 0.25) is 0 Å². The van der Waals surface area contributed by atoms with Crippen molar-refractivity contribution in [2.24, 2.45) is 0 Å². The lowest BCUT2D eigenvalue weighted by molar-refractivity contribution is 0.0974. The van der Waals surface area contributed by atoms with Crippen LogP contribution in [-0.4, -0.2) is 15.3 Å². The van der Waals surface area contributed by atoms with Crippen LogP contribution in [0.2, 0.25) is 0 Å². The fourth-order valence-electron chi connectivity index (χ4n) is 1.52. The minimum absolute atomic E-state index is 0.120. The third-order valence-corrected chi connectivity index (χ3v) is 4.18. The number of imidazole rings is 1. The van der Waals surface area contributed by atoms with Gasteiger partial charge in [-0.1, -0.05) is 6.92 Å². The number of carbonyl (C=O) groups excluding carboxylic acids is 1. The highest BCUT2D eigenvalue weighted by molar-refractivity contribution is 9.10. The van der Waals surface area contributed by atoms with Crippen LogP contribution < -0.4 is 0 Å². The van der Waals surface area contributed by atoms with Crippen LogP contribution in [0, 0.1) is 0 Å². The molecule has 0 saturated heterocycles. The van der Waals surface area contributed by atoms with Gasteiger partial charge in [0.25, 0.3) is 0 Å². The second-order valence-electron chi connectivity index (χ2n) is 3.35. The molecule has 0 bridgehead atoms. The monoisotopic (exact) mass is 298 g/mol. The Balaban J connectivity index is 2.17. The summed E-state index contributed by atoms with van der Waals surface area (Å²) in [4.78, 5) is 17.0. The summed E-state index contributed by atoms with van der Waals surface area (Å²) in [7, 11) is 0. The Morgan fingerprint density at radius 1 is 1.62 bits per heavy atom. The first-order valence-corrected chi connectivity index (χ1v) is 6.65. The lowest BCUT2D eigenvalue weighted by Crippen LogP contribution is -2.11. The standard InChI is InChI=1S/C11H11BrN2OS/c1-2-10-13-4-5-14(10)7-9(15)11-8(12)3-6-16-11/h3-6H,2,7H2,1H3. The largest absolute Gasteiger partial charge is 0.327 e. The van der Waals surface area contributed by atoms with E-state index >= 15 is 0 Å². The van der Waals surface area contributed by atoms with E-state index in [-0.39, 0.29) is 5.78 Å². The smallest absolute Gasteiger partial charge is 0.193 e. The number of rotatable bonds is 4. The minimum Gasteiger partial charge on any atom is -0.327 e. The molecule has 2 rings (SSSR count). The summed E-state index contributed by atoms with van der Waals surface area (Å²) >= 11 is 4.83. The third-order valence-electron chi connectivity index (χ3n) is 2.30. The fourth-order valence-corrected chi connectivity index (χ4v) is 3.04. The van der Waals surface area contributed by atoms with Gasteiger partial charge in [0.1, 0.15) is 5.82 Å². The molecule has 0 atom stereocenters. The Kier molecular flexibility index (Phi) is 3.56. The molecule has 0 fully saturated rings.